The van der Waals surface area contributed by atoms with Gasteiger partial charge in [-0.15, -0.1) is 0 Å². The van der Waals surface area contributed by atoms with Crippen molar-refractivity contribution in [3.05, 3.63) is 11.0 Å². The van der Waals surface area contributed by atoms with E-state index in [1.165, 1.54) is 0 Å². The minimum absolute atomic E-state index is 0.166. The summed E-state index contributed by atoms with van der Waals surface area (Å²) in [6.07, 6.45) is 2.13. The zero-order chi connectivity index (χ0) is 12.4. The first-order chi connectivity index (χ1) is 8.06. The Morgan fingerprint density at radius 2 is 2.00 bits per heavy atom. The standard InChI is InChI=1S/C11H17ClN4O/c1-7-9(13)10(15-11(12)14-7)17-8-3-5-16(2)6-4-8/h8H,3-6,13H2,1-2H3. The molecule has 1 aromatic heterocycles. The number of nitrogens with two attached hydrogens (primary N) is 1. The molecule has 1 saturated heterocycles. The fraction of sp³-hybridized carbons (Fsp3) is 0.636. The van der Waals surface area contributed by atoms with Crippen LogP contribution in [0.15, 0.2) is 0 Å². The van der Waals surface area contributed by atoms with Crippen molar-refractivity contribution < 1.29 is 4.74 Å². The summed E-state index contributed by atoms with van der Waals surface area (Å²) in [7, 11) is 2.11. The molecule has 2 N–H and O–H groups in total. The van der Waals surface area contributed by atoms with Crippen LogP contribution in [0.2, 0.25) is 5.28 Å². The molecule has 0 unspecified atom stereocenters. The lowest BCUT2D eigenvalue weighted by Crippen LogP contribution is -2.36. The van der Waals surface area contributed by atoms with Crippen molar-refractivity contribution in [1.29, 1.82) is 0 Å². The SMILES string of the molecule is Cc1nc(Cl)nc(OC2CCN(C)CC2)c1N. The Kier molecular flexibility index (Phi) is 3.69. The van der Waals surface area contributed by atoms with Crippen LogP contribution in [0.1, 0.15) is 18.5 Å². The van der Waals surface area contributed by atoms with E-state index in [1.54, 1.807) is 6.92 Å². The van der Waals surface area contributed by atoms with Gasteiger partial charge in [-0.2, -0.15) is 4.98 Å². The highest BCUT2D eigenvalue weighted by atomic mass is 35.5. The van der Waals surface area contributed by atoms with E-state index in [-0.39, 0.29) is 11.4 Å². The molecule has 0 amide bonds. The van der Waals surface area contributed by atoms with Crippen LogP contribution in [0.4, 0.5) is 5.69 Å². The smallest absolute Gasteiger partial charge is 0.242 e. The first kappa shape index (κ1) is 12.4. The fourth-order valence-electron chi connectivity index (χ4n) is 1.87. The van der Waals surface area contributed by atoms with E-state index < -0.39 is 0 Å². The predicted octanol–water partition coefficient (Wildman–Crippen LogP) is 1.49. The van der Waals surface area contributed by atoms with Gasteiger partial charge >= 0.3 is 0 Å². The van der Waals surface area contributed by atoms with Crippen molar-refractivity contribution in [2.75, 3.05) is 25.9 Å². The lowest BCUT2D eigenvalue weighted by molar-refractivity contribution is 0.110. The quantitative estimate of drug-likeness (QED) is 0.813. The van der Waals surface area contributed by atoms with Crippen molar-refractivity contribution in [2.24, 2.45) is 0 Å². The van der Waals surface area contributed by atoms with Gasteiger partial charge in [0, 0.05) is 13.1 Å². The molecule has 6 heteroatoms. The van der Waals surface area contributed by atoms with Crippen molar-refractivity contribution >= 4 is 17.3 Å². The Morgan fingerprint density at radius 3 is 2.65 bits per heavy atom. The molecule has 1 aliphatic heterocycles. The van der Waals surface area contributed by atoms with Crippen LogP contribution < -0.4 is 10.5 Å². The molecule has 94 valence electrons. The van der Waals surface area contributed by atoms with E-state index in [0.717, 1.165) is 25.9 Å². The van der Waals surface area contributed by atoms with Crippen LogP contribution in [0.5, 0.6) is 5.88 Å². The third kappa shape index (κ3) is 2.98. The molecule has 17 heavy (non-hydrogen) atoms. The minimum atomic E-state index is 0.166. The third-order valence-electron chi connectivity index (χ3n) is 3.02. The van der Waals surface area contributed by atoms with Crippen LogP contribution in [0.25, 0.3) is 0 Å². The van der Waals surface area contributed by atoms with E-state index >= 15 is 0 Å². The van der Waals surface area contributed by atoms with Crippen LogP contribution in [-0.2, 0) is 0 Å². The average molecular weight is 257 g/mol. The molecule has 2 heterocycles. The highest BCUT2D eigenvalue weighted by molar-refractivity contribution is 6.28. The second-order valence-electron chi connectivity index (χ2n) is 4.42. The van der Waals surface area contributed by atoms with Crippen LogP contribution in [-0.4, -0.2) is 41.1 Å². The molecule has 1 aromatic rings. The topological polar surface area (TPSA) is 64.3 Å². The van der Waals surface area contributed by atoms with Gasteiger partial charge in [0.2, 0.25) is 11.2 Å². The van der Waals surface area contributed by atoms with Gasteiger partial charge in [-0.25, -0.2) is 4.98 Å². The normalized spacial score (nSPS) is 18.3. The van der Waals surface area contributed by atoms with Crippen molar-refractivity contribution in [3.63, 3.8) is 0 Å². The number of aryl methyl sites for hydroxylation is 1. The van der Waals surface area contributed by atoms with Crippen molar-refractivity contribution in [1.82, 2.24) is 14.9 Å². The number of likely N-dealkylation sites (tertiary alicyclic amines) is 1. The summed E-state index contributed by atoms with van der Waals surface area (Å²) in [4.78, 5) is 10.3. The van der Waals surface area contributed by atoms with Gasteiger partial charge in [-0.05, 0) is 38.4 Å². The van der Waals surface area contributed by atoms with Gasteiger partial charge in [0.15, 0.2) is 0 Å². The largest absolute Gasteiger partial charge is 0.473 e. The minimum Gasteiger partial charge on any atom is -0.473 e. The number of ether oxygens (including phenoxy) is 1. The number of anilines is 1. The molecule has 0 spiro atoms. The predicted molar refractivity (Wildman–Crippen MR) is 67.3 cm³/mol. The van der Waals surface area contributed by atoms with E-state index in [1.807, 2.05) is 0 Å². The van der Waals surface area contributed by atoms with Gasteiger partial charge in [0.25, 0.3) is 0 Å². The maximum absolute atomic E-state index is 5.88. The van der Waals surface area contributed by atoms with Crippen LogP contribution >= 0.6 is 11.6 Å². The number of nitrogens with zero attached hydrogens (tertiary/aromatic N) is 3. The first-order valence-corrected chi connectivity index (χ1v) is 6.09. The summed E-state index contributed by atoms with van der Waals surface area (Å²) in [5.74, 6) is 0.414. The number of halogens is 1. The Morgan fingerprint density at radius 1 is 1.35 bits per heavy atom. The molecule has 1 fully saturated rings. The van der Waals surface area contributed by atoms with Gasteiger partial charge in [-0.1, -0.05) is 0 Å². The second-order valence-corrected chi connectivity index (χ2v) is 4.76. The highest BCUT2D eigenvalue weighted by Crippen LogP contribution is 2.26. The highest BCUT2D eigenvalue weighted by Gasteiger charge is 2.20. The molecular formula is C11H17ClN4O. The lowest BCUT2D eigenvalue weighted by Gasteiger charge is -2.29. The average Bonchev–Trinajstić information content (AvgIpc) is 2.28. The molecule has 0 radical (unpaired) electrons. The lowest BCUT2D eigenvalue weighted by atomic mass is 10.1. The summed E-state index contributed by atoms with van der Waals surface area (Å²) in [5.41, 5.74) is 7.02. The number of piperidine rings is 1. The molecule has 0 bridgehead atoms. The summed E-state index contributed by atoms with van der Waals surface area (Å²) in [5, 5.41) is 0.180. The van der Waals surface area contributed by atoms with E-state index in [0.29, 0.717) is 17.3 Å². The number of aromatic nitrogens is 2. The van der Waals surface area contributed by atoms with Crippen LogP contribution in [0, 0.1) is 6.92 Å². The summed E-state index contributed by atoms with van der Waals surface area (Å²) >= 11 is 5.80. The molecule has 0 aromatic carbocycles. The molecule has 0 aliphatic carbocycles. The number of rotatable bonds is 2. The van der Waals surface area contributed by atoms with E-state index in [9.17, 15) is 0 Å². The number of hydrogen-bond acceptors (Lipinski definition) is 5. The Labute approximate surface area is 106 Å². The molecule has 0 atom stereocenters. The maximum Gasteiger partial charge on any atom is 0.242 e. The molecular weight excluding hydrogens is 240 g/mol. The van der Waals surface area contributed by atoms with Gasteiger partial charge in [0.1, 0.15) is 11.8 Å². The van der Waals surface area contributed by atoms with Gasteiger partial charge < -0.3 is 15.4 Å². The van der Waals surface area contributed by atoms with E-state index in [4.69, 9.17) is 22.1 Å². The maximum atomic E-state index is 5.88. The molecule has 5 nitrogen and oxygen atoms in total. The molecule has 0 saturated carbocycles. The Bertz CT molecular complexity index is 405. The third-order valence-corrected chi connectivity index (χ3v) is 3.19. The van der Waals surface area contributed by atoms with Crippen molar-refractivity contribution in [3.8, 4) is 5.88 Å². The summed E-state index contributed by atoms with van der Waals surface area (Å²) in [6.45, 7) is 3.86. The monoisotopic (exact) mass is 256 g/mol. The molecule has 1 aliphatic rings. The Balaban J connectivity index is 2.08. The number of nitrogen functional groups attached to an aromatic ring is 1. The van der Waals surface area contributed by atoms with Gasteiger partial charge in [0.05, 0.1) is 5.69 Å². The van der Waals surface area contributed by atoms with E-state index in [2.05, 4.69) is 21.9 Å². The van der Waals surface area contributed by atoms with Crippen LogP contribution in [0.3, 0.4) is 0 Å². The second kappa shape index (κ2) is 5.06. The molecule has 2 rings (SSSR count). The zero-order valence-corrected chi connectivity index (χ0v) is 10.9. The first-order valence-electron chi connectivity index (χ1n) is 5.71. The van der Waals surface area contributed by atoms with Crippen molar-refractivity contribution in [2.45, 2.75) is 25.9 Å². The summed E-state index contributed by atoms with van der Waals surface area (Å²) < 4.78 is 5.81. The number of hydrogen-bond donors (Lipinski definition) is 1. The fourth-order valence-corrected chi connectivity index (χ4v) is 2.08. The zero-order valence-electron chi connectivity index (χ0n) is 10.1. The Hall–Kier alpha value is -1.07. The summed E-state index contributed by atoms with van der Waals surface area (Å²) in [6, 6.07) is 0. The van der Waals surface area contributed by atoms with Gasteiger partial charge in [-0.3, -0.25) is 0 Å².